The van der Waals surface area contributed by atoms with Gasteiger partial charge in [-0.05, 0) is 0 Å². The molecule has 0 bridgehead atoms. The van der Waals surface area contributed by atoms with E-state index in [1.807, 2.05) is 0 Å². The van der Waals surface area contributed by atoms with Crippen LogP contribution in [0.25, 0.3) is 0 Å². The minimum absolute atomic E-state index is 0.125. The van der Waals surface area contributed by atoms with Crippen molar-refractivity contribution in [2.75, 3.05) is 79.3 Å². The number of aliphatic hydroxyl groups is 12. The van der Waals surface area contributed by atoms with Crippen molar-refractivity contribution < 1.29 is 61.3 Å². The van der Waals surface area contributed by atoms with E-state index in [1.165, 1.54) is 0 Å². The summed E-state index contributed by atoms with van der Waals surface area (Å²) in [7, 11) is 0. The van der Waals surface area contributed by atoms with Crippen LogP contribution in [0.5, 0.6) is 0 Å². The van der Waals surface area contributed by atoms with Crippen LogP contribution in [0.2, 0.25) is 0 Å². The van der Waals surface area contributed by atoms with E-state index in [4.69, 9.17) is 61.3 Å². The monoisotopic (exact) mass is 756 g/mol. The Balaban J connectivity index is -0.0000000346. The summed E-state index contributed by atoms with van der Waals surface area (Å²) in [5, 5.41) is 91.5. The average molecular weight is 754 g/mol. The Morgan fingerprint density at radius 3 is 0.333 bits per heavy atom. The zero-order valence-electron chi connectivity index (χ0n) is 15.0. The summed E-state index contributed by atoms with van der Waals surface area (Å²) in [5.74, 6) is 0. The standard InChI is InChI=1S/6C2H6O2.I2Te/c6*3-1-2-4;1-3-2/h6*3-4H,1-2H2;. The summed E-state index contributed by atoms with van der Waals surface area (Å²) in [6.07, 6.45) is 0. The van der Waals surface area contributed by atoms with Crippen LogP contribution < -0.4 is 0 Å². The quantitative estimate of drug-likeness (QED) is 0.0905. The molecule has 0 saturated carbocycles. The number of hydrogen-bond donors (Lipinski definition) is 12. The molecule has 0 rings (SSSR count). The Kier molecular flexibility index (Phi) is 158. The van der Waals surface area contributed by atoms with E-state index in [0.717, 1.165) is 0 Å². The molecule has 0 radical (unpaired) electrons. The van der Waals surface area contributed by atoms with Gasteiger partial charge in [-0.25, -0.2) is 0 Å². The molecule has 0 heterocycles. The van der Waals surface area contributed by atoms with Crippen molar-refractivity contribution in [3.05, 3.63) is 0 Å². The van der Waals surface area contributed by atoms with E-state index in [1.54, 1.807) is 0 Å². The van der Waals surface area contributed by atoms with Gasteiger partial charge in [0.25, 0.3) is 0 Å². The van der Waals surface area contributed by atoms with Gasteiger partial charge in [0.1, 0.15) is 0 Å². The second-order valence-electron chi connectivity index (χ2n) is 2.74. The van der Waals surface area contributed by atoms with E-state index in [-0.39, 0.29) is 79.3 Å². The van der Waals surface area contributed by atoms with Crippen molar-refractivity contribution in [2.45, 2.75) is 0 Å². The van der Waals surface area contributed by atoms with Gasteiger partial charge in [0.05, 0.1) is 79.3 Å². The van der Waals surface area contributed by atoms with E-state index >= 15 is 0 Å². The second-order valence-corrected chi connectivity index (χ2v) is 20.3. The molecule has 12 N–H and O–H groups in total. The molecule has 0 aliphatic carbocycles. The van der Waals surface area contributed by atoms with Crippen molar-refractivity contribution in [3.63, 3.8) is 0 Å². The third-order valence-corrected chi connectivity index (χ3v) is 0.600. The Bertz CT molecular complexity index is 93.5. The topological polar surface area (TPSA) is 243 Å². The van der Waals surface area contributed by atoms with Gasteiger partial charge >= 0.3 is 50.4 Å². The van der Waals surface area contributed by atoms with E-state index in [0.29, 0.717) is 13.0 Å². The molecule has 0 aromatic rings. The van der Waals surface area contributed by atoms with Crippen LogP contribution in [0.3, 0.4) is 0 Å². The van der Waals surface area contributed by atoms with Crippen molar-refractivity contribution in [1.29, 1.82) is 0 Å². The summed E-state index contributed by atoms with van der Waals surface area (Å²) < 4.78 is 0. The zero-order chi connectivity index (χ0) is 23.2. The summed E-state index contributed by atoms with van der Waals surface area (Å²) in [6.45, 7) is -1.50. The van der Waals surface area contributed by atoms with Gasteiger partial charge < -0.3 is 61.3 Å². The van der Waals surface area contributed by atoms with Gasteiger partial charge in [0, 0.05) is 0 Å². The average Bonchev–Trinajstić information content (AvgIpc) is 2.74. The maximum Gasteiger partial charge on any atom is 0.0662 e. The normalized spacial score (nSPS) is 7.33. The zero-order valence-corrected chi connectivity index (χ0v) is 21.7. The first-order chi connectivity index (χ1) is 12.9. The number of hydrogen-bond acceptors (Lipinski definition) is 12. The van der Waals surface area contributed by atoms with E-state index in [9.17, 15) is 0 Å². The largest absolute Gasteiger partial charge is 0.394 e. The first-order valence-corrected chi connectivity index (χ1v) is 20.7. The first-order valence-electron chi connectivity index (χ1n) is 7.10. The molecule has 0 aromatic carbocycles. The smallest absolute Gasteiger partial charge is 0.0662 e. The molecule has 0 unspecified atom stereocenters. The first kappa shape index (κ1) is 46.8. The predicted octanol–water partition coefficient (Wildman–Crippen LogP) is -4.78. The van der Waals surface area contributed by atoms with Gasteiger partial charge in [-0.15, -0.1) is 0 Å². The van der Waals surface area contributed by atoms with Crippen LogP contribution in [-0.2, 0) is 0 Å². The Hall–Kier alpha value is 1.77. The third kappa shape index (κ3) is 305. The predicted molar refractivity (Wildman–Crippen MR) is 119 cm³/mol. The number of rotatable bonds is 6. The van der Waals surface area contributed by atoms with E-state index < -0.39 is 0 Å². The molecule has 15 heteroatoms. The van der Waals surface area contributed by atoms with Gasteiger partial charge in [0.15, 0.2) is 0 Å². The van der Waals surface area contributed by atoms with E-state index in [2.05, 4.69) is 37.4 Å². The van der Waals surface area contributed by atoms with Gasteiger partial charge in [0.2, 0.25) is 0 Å². The molecule has 0 spiro atoms. The van der Waals surface area contributed by atoms with Crippen LogP contribution in [0.4, 0.5) is 0 Å². The maximum absolute atomic E-state index is 7.62. The molecule has 0 aliphatic heterocycles. The van der Waals surface area contributed by atoms with Gasteiger partial charge in [-0.1, -0.05) is 0 Å². The molecular weight excluding hydrogens is 718 g/mol. The molecule has 0 saturated heterocycles. The maximum atomic E-state index is 7.62. The molecule has 12 nitrogen and oxygen atoms in total. The second kappa shape index (κ2) is 91.2. The van der Waals surface area contributed by atoms with Crippen LogP contribution in [-0.4, -0.2) is 154 Å². The minimum atomic E-state index is -0.125. The SMILES string of the molecule is I[Te]I.OCCO.OCCO.OCCO.OCCO.OCCO.OCCO. The van der Waals surface area contributed by atoms with Crippen LogP contribution >= 0.6 is 37.4 Å². The fourth-order valence-corrected chi connectivity index (χ4v) is 0. The van der Waals surface area contributed by atoms with Gasteiger partial charge in [-0.2, -0.15) is 0 Å². The molecule has 0 atom stereocenters. The number of halogens is 2. The fraction of sp³-hybridized carbons (Fsp3) is 1.00. The summed E-state index contributed by atoms with van der Waals surface area (Å²) >= 11 is 5.22. The van der Waals surface area contributed by atoms with Crippen LogP contribution in [0, 0.1) is 0 Å². The molecule has 176 valence electrons. The van der Waals surface area contributed by atoms with Crippen LogP contribution in [0.15, 0.2) is 0 Å². The Morgan fingerprint density at radius 1 is 0.296 bits per heavy atom. The third-order valence-electron chi connectivity index (χ3n) is 0.600. The van der Waals surface area contributed by atoms with Crippen molar-refractivity contribution in [3.8, 4) is 0 Å². The van der Waals surface area contributed by atoms with Crippen molar-refractivity contribution in [2.24, 2.45) is 0 Å². The number of aliphatic hydroxyl groups excluding tert-OH is 12. The summed E-state index contributed by atoms with van der Waals surface area (Å²) in [6, 6.07) is 0. The van der Waals surface area contributed by atoms with Crippen molar-refractivity contribution in [1.82, 2.24) is 0 Å². The molecular formula is C12H36I2O12Te. The Labute approximate surface area is 189 Å². The molecule has 0 aliphatic rings. The Morgan fingerprint density at radius 2 is 0.333 bits per heavy atom. The minimum Gasteiger partial charge on any atom is -0.394 e. The van der Waals surface area contributed by atoms with Crippen LogP contribution in [0.1, 0.15) is 0 Å². The van der Waals surface area contributed by atoms with Gasteiger partial charge in [-0.3, -0.25) is 0 Å². The molecule has 0 amide bonds. The molecule has 0 fully saturated rings. The molecule has 27 heavy (non-hydrogen) atoms. The summed E-state index contributed by atoms with van der Waals surface area (Å²) in [5.41, 5.74) is 0. The van der Waals surface area contributed by atoms with Crippen molar-refractivity contribution >= 4 is 50.4 Å². The summed E-state index contributed by atoms with van der Waals surface area (Å²) in [4.78, 5) is 0. The molecule has 0 aromatic heterocycles. The fourth-order valence-electron chi connectivity index (χ4n) is 0.